The Labute approximate surface area is 206 Å². The summed E-state index contributed by atoms with van der Waals surface area (Å²) in [6, 6.07) is 5.85. The van der Waals surface area contributed by atoms with Gasteiger partial charge in [0.2, 0.25) is 5.95 Å². The Balaban J connectivity index is 0.000000917. The Hall–Kier alpha value is -3.24. The summed E-state index contributed by atoms with van der Waals surface area (Å²) >= 11 is 0. The van der Waals surface area contributed by atoms with Crippen molar-refractivity contribution in [2.45, 2.75) is 38.6 Å². The van der Waals surface area contributed by atoms with Crippen molar-refractivity contribution in [3.8, 4) is 0 Å². The molecule has 1 aliphatic heterocycles. The number of aromatic carboxylic acids is 1. The summed E-state index contributed by atoms with van der Waals surface area (Å²) in [5.41, 5.74) is 2.06. The van der Waals surface area contributed by atoms with Gasteiger partial charge in [-0.15, -0.1) is 0 Å². The van der Waals surface area contributed by atoms with Crippen molar-refractivity contribution in [1.82, 2.24) is 29.7 Å². The van der Waals surface area contributed by atoms with Gasteiger partial charge in [0.05, 0.1) is 11.9 Å². The lowest BCUT2D eigenvalue weighted by molar-refractivity contribution is 0.0683. The van der Waals surface area contributed by atoms with Crippen LogP contribution < -0.4 is 15.5 Å². The minimum absolute atomic E-state index is 0.173. The SMILES string of the molecule is CCN1CCN(c2ccc(Nc3ncc4cc(C(=O)O)n(C5CCCC5)c4n3)nc2)CC1.CNC. The largest absolute Gasteiger partial charge is 0.477 e. The molecule has 2 aliphatic rings. The number of fused-ring (bicyclic) bond motifs is 1. The fraction of sp³-hybridized carbons (Fsp3) is 0.520. The molecule has 10 heteroatoms. The Morgan fingerprint density at radius 2 is 1.80 bits per heavy atom. The van der Waals surface area contributed by atoms with Crippen LogP contribution in [-0.4, -0.2) is 82.3 Å². The molecule has 1 saturated heterocycles. The summed E-state index contributed by atoms with van der Waals surface area (Å²) in [5, 5.41) is 16.4. The average Bonchev–Trinajstić information content (AvgIpc) is 3.53. The van der Waals surface area contributed by atoms with Crippen molar-refractivity contribution in [2.75, 3.05) is 57.0 Å². The fourth-order valence-electron chi connectivity index (χ4n) is 4.85. The summed E-state index contributed by atoms with van der Waals surface area (Å²) in [4.78, 5) is 30.2. The van der Waals surface area contributed by atoms with Crippen molar-refractivity contribution in [3.05, 3.63) is 36.3 Å². The van der Waals surface area contributed by atoms with Crippen molar-refractivity contribution in [3.63, 3.8) is 0 Å². The quantitative estimate of drug-likeness (QED) is 0.489. The van der Waals surface area contributed by atoms with Gasteiger partial charge in [0.1, 0.15) is 17.2 Å². The maximum Gasteiger partial charge on any atom is 0.352 e. The van der Waals surface area contributed by atoms with Crippen LogP contribution in [0.4, 0.5) is 17.5 Å². The van der Waals surface area contributed by atoms with E-state index in [0.717, 1.165) is 69.5 Å². The number of pyridine rings is 1. The second-order valence-electron chi connectivity index (χ2n) is 9.06. The van der Waals surface area contributed by atoms with Gasteiger partial charge in [-0.3, -0.25) is 0 Å². The monoisotopic (exact) mass is 480 g/mol. The van der Waals surface area contributed by atoms with E-state index in [1.807, 2.05) is 30.9 Å². The zero-order chi connectivity index (χ0) is 24.8. The molecule has 0 radical (unpaired) electrons. The van der Waals surface area contributed by atoms with E-state index in [2.05, 4.69) is 48.4 Å². The number of nitrogens with one attached hydrogen (secondary N) is 2. The molecule has 1 saturated carbocycles. The lowest BCUT2D eigenvalue weighted by Crippen LogP contribution is -2.46. The normalized spacial score (nSPS) is 16.8. The standard InChI is InChI=1S/C23H29N7O2.C2H7N/c1-2-28-9-11-29(12-10-28)18-7-8-20(24-15-18)26-23-25-14-16-13-19(22(31)32)30(21(16)27-23)17-5-3-4-6-17;1-3-2/h7-8,13-15,17H,2-6,9-12H2,1H3,(H,31,32)(H,24,25,26,27);3H,1-2H3. The van der Waals surface area contributed by atoms with Crippen LogP contribution >= 0.6 is 0 Å². The Morgan fingerprint density at radius 3 is 2.40 bits per heavy atom. The summed E-state index contributed by atoms with van der Waals surface area (Å²) in [5.74, 6) is 0.155. The molecule has 0 unspecified atom stereocenters. The van der Waals surface area contributed by atoms with Crippen LogP contribution in [0.2, 0.25) is 0 Å². The lowest BCUT2D eigenvalue weighted by Gasteiger charge is -2.35. The molecular formula is C25H36N8O2. The number of carbonyl (C=O) groups is 1. The van der Waals surface area contributed by atoms with Crippen LogP contribution in [0.3, 0.4) is 0 Å². The van der Waals surface area contributed by atoms with Crippen molar-refractivity contribution in [2.24, 2.45) is 0 Å². The van der Waals surface area contributed by atoms with Gasteiger partial charge in [0, 0.05) is 43.8 Å². The first-order valence-corrected chi connectivity index (χ1v) is 12.4. The van der Waals surface area contributed by atoms with E-state index in [1.165, 1.54) is 0 Å². The van der Waals surface area contributed by atoms with Crippen LogP contribution in [-0.2, 0) is 0 Å². The number of likely N-dealkylation sites (N-methyl/N-ethyl adjacent to an activating group) is 1. The topological polar surface area (TPSA) is 111 Å². The molecule has 35 heavy (non-hydrogen) atoms. The molecule has 1 aliphatic carbocycles. The van der Waals surface area contributed by atoms with E-state index in [-0.39, 0.29) is 11.7 Å². The molecular weight excluding hydrogens is 444 g/mol. The molecule has 0 bridgehead atoms. The van der Waals surface area contributed by atoms with E-state index in [1.54, 1.807) is 12.3 Å². The molecule has 0 amide bonds. The number of hydrogen-bond acceptors (Lipinski definition) is 8. The molecule has 2 fully saturated rings. The van der Waals surface area contributed by atoms with Crippen molar-refractivity contribution < 1.29 is 9.90 Å². The number of nitrogens with zero attached hydrogens (tertiary/aromatic N) is 6. The van der Waals surface area contributed by atoms with Crippen LogP contribution in [0.25, 0.3) is 11.0 Å². The van der Waals surface area contributed by atoms with Gasteiger partial charge in [-0.1, -0.05) is 19.8 Å². The number of anilines is 3. The summed E-state index contributed by atoms with van der Waals surface area (Å²) in [7, 11) is 3.75. The van der Waals surface area contributed by atoms with Crippen molar-refractivity contribution in [1.29, 1.82) is 0 Å². The third kappa shape index (κ3) is 5.71. The number of piperazine rings is 1. The molecule has 10 nitrogen and oxygen atoms in total. The minimum atomic E-state index is -0.929. The molecule has 3 aromatic heterocycles. The molecule has 5 rings (SSSR count). The zero-order valence-corrected chi connectivity index (χ0v) is 20.9. The minimum Gasteiger partial charge on any atom is -0.477 e. The highest BCUT2D eigenvalue weighted by molar-refractivity contribution is 5.93. The van der Waals surface area contributed by atoms with Gasteiger partial charge in [-0.25, -0.2) is 14.8 Å². The van der Waals surface area contributed by atoms with Gasteiger partial charge in [0.25, 0.3) is 0 Å². The predicted octanol–water partition coefficient (Wildman–Crippen LogP) is 3.36. The number of aromatic nitrogens is 4. The predicted molar refractivity (Wildman–Crippen MR) is 139 cm³/mol. The van der Waals surface area contributed by atoms with Crippen LogP contribution in [0.15, 0.2) is 30.6 Å². The Morgan fingerprint density at radius 1 is 1.09 bits per heavy atom. The fourth-order valence-corrected chi connectivity index (χ4v) is 4.85. The maximum atomic E-state index is 11.8. The van der Waals surface area contributed by atoms with Gasteiger partial charge >= 0.3 is 5.97 Å². The Bertz CT molecular complexity index is 1120. The van der Waals surface area contributed by atoms with Crippen LogP contribution in [0, 0.1) is 0 Å². The van der Waals surface area contributed by atoms with Crippen LogP contribution in [0.1, 0.15) is 49.1 Å². The number of carboxylic acid groups (broad SMARTS) is 1. The Kier molecular flexibility index (Phi) is 8.14. The van der Waals surface area contributed by atoms with Gasteiger partial charge in [-0.2, -0.15) is 4.98 Å². The molecule has 3 N–H and O–H groups in total. The molecule has 0 atom stereocenters. The first-order valence-electron chi connectivity index (χ1n) is 12.4. The van der Waals surface area contributed by atoms with E-state index in [4.69, 9.17) is 0 Å². The van der Waals surface area contributed by atoms with Crippen LogP contribution in [0.5, 0.6) is 0 Å². The summed E-state index contributed by atoms with van der Waals surface area (Å²) < 4.78 is 1.88. The molecule has 4 heterocycles. The number of carboxylic acids is 1. The second kappa shape index (κ2) is 11.5. The highest BCUT2D eigenvalue weighted by atomic mass is 16.4. The molecule has 3 aromatic rings. The van der Waals surface area contributed by atoms with Gasteiger partial charge in [0.15, 0.2) is 0 Å². The molecule has 0 aromatic carbocycles. The zero-order valence-electron chi connectivity index (χ0n) is 20.9. The van der Waals surface area contributed by atoms with E-state index < -0.39 is 5.97 Å². The summed E-state index contributed by atoms with van der Waals surface area (Å²) in [6.45, 7) is 7.45. The molecule has 0 spiro atoms. The first kappa shape index (κ1) is 24.9. The smallest absolute Gasteiger partial charge is 0.352 e. The first-order chi connectivity index (χ1) is 17.0. The van der Waals surface area contributed by atoms with E-state index in [9.17, 15) is 9.90 Å². The van der Waals surface area contributed by atoms with Gasteiger partial charge in [-0.05, 0) is 51.7 Å². The third-order valence-electron chi connectivity index (χ3n) is 6.66. The van der Waals surface area contributed by atoms with E-state index in [0.29, 0.717) is 17.4 Å². The molecule has 188 valence electrons. The lowest BCUT2D eigenvalue weighted by atomic mass is 10.2. The average molecular weight is 481 g/mol. The summed E-state index contributed by atoms with van der Waals surface area (Å²) in [6.07, 6.45) is 7.75. The van der Waals surface area contributed by atoms with E-state index >= 15 is 0 Å². The number of rotatable bonds is 6. The van der Waals surface area contributed by atoms with Gasteiger partial charge < -0.3 is 30.1 Å². The number of hydrogen-bond donors (Lipinski definition) is 3. The van der Waals surface area contributed by atoms with Crippen molar-refractivity contribution >= 4 is 34.5 Å². The third-order valence-corrected chi connectivity index (χ3v) is 6.66. The second-order valence-corrected chi connectivity index (χ2v) is 9.06. The highest BCUT2D eigenvalue weighted by Gasteiger charge is 2.25. The maximum absolute atomic E-state index is 11.8. The highest BCUT2D eigenvalue weighted by Crippen LogP contribution is 2.34.